The van der Waals surface area contributed by atoms with Gasteiger partial charge in [0, 0.05) is 24.0 Å². The Hall–Kier alpha value is -1.10. The zero-order valence-corrected chi connectivity index (χ0v) is 10.9. The summed E-state index contributed by atoms with van der Waals surface area (Å²) in [5.74, 6) is 4.80. The van der Waals surface area contributed by atoms with Gasteiger partial charge in [-0.1, -0.05) is 30.7 Å². The molecule has 3 N–H and O–H groups in total. The number of nitrogens with one attached hydrogen (secondary N) is 1. The summed E-state index contributed by atoms with van der Waals surface area (Å²) >= 11 is 5.91. The van der Waals surface area contributed by atoms with Crippen LogP contribution in [0.1, 0.15) is 12.5 Å². The van der Waals surface area contributed by atoms with Crippen LogP contribution in [0.3, 0.4) is 0 Å². The maximum Gasteiger partial charge on any atom is 0.237 e. The third kappa shape index (κ3) is 4.73. The summed E-state index contributed by atoms with van der Waals surface area (Å²) in [5, 5.41) is 0.726. The van der Waals surface area contributed by atoms with Crippen LogP contribution >= 0.6 is 11.6 Å². The first-order valence-corrected chi connectivity index (χ1v) is 5.84. The third-order valence-electron chi connectivity index (χ3n) is 2.52. The van der Waals surface area contributed by atoms with Gasteiger partial charge in [0.05, 0.1) is 0 Å². The van der Waals surface area contributed by atoms with Crippen molar-refractivity contribution in [1.82, 2.24) is 10.3 Å². The van der Waals surface area contributed by atoms with Crippen LogP contribution in [0.4, 0.5) is 0 Å². The number of carbonyl (C=O) groups is 1. The summed E-state index contributed by atoms with van der Waals surface area (Å²) in [6, 6.07) is 7.69. The van der Waals surface area contributed by atoms with Crippen molar-refractivity contribution in [3.05, 3.63) is 34.9 Å². The molecule has 0 saturated carbocycles. The summed E-state index contributed by atoms with van der Waals surface area (Å²) < 4.78 is 0. The van der Waals surface area contributed by atoms with E-state index in [2.05, 4.69) is 10.3 Å². The van der Waals surface area contributed by atoms with Crippen molar-refractivity contribution in [2.75, 3.05) is 13.6 Å². The number of benzene rings is 1. The van der Waals surface area contributed by atoms with Gasteiger partial charge in [0.1, 0.15) is 0 Å². The van der Waals surface area contributed by atoms with Crippen LogP contribution in [-0.4, -0.2) is 24.4 Å². The van der Waals surface area contributed by atoms with Crippen molar-refractivity contribution in [2.24, 2.45) is 11.8 Å². The van der Waals surface area contributed by atoms with Crippen LogP contribution in [0.2, 0.25) is 5.02 Å². The van der Waals surface area contributed by atoms with E-state index in [0.29, 0.717) is 6.54 Å². The summed E-state index contributed by atoms with van der Waals surface area (Å²) in [6.45, 7) is 3.25. The van der Waals surface area contributed by atoms with E-state index in [0.717, 1.165) is 17.1 Å². The topological polar surface area (TPSA) is 58.4 Å². The second kappa shape index (κ2) is 6.59. The molecule has 0 radical (unpaired) electrons. The molecule has 94 valence electrons. The molecular formula is C12H18ClN3O. The fourth-order valence-electron chi connectivity index (χ4n) is 1.70. The van der Waals surface area contributed by atoms with Crippen molar-refractivity contribution in [3.8, 4) is 0 Å². The van der Waals surface area contributed by atoms with Crippen molar-refractivity contribution in [1.29, 1.82) is 0 Å². The molecule has 0 aliphatic rings. The Morgan fingerprint density at radius 3 is 2.88 bits per heavy atom. The van der Waals surface area contributed by atoms with Gasteiger partial charge in [-0.05, 0) is 24.7 Å². The molecule has 4 nitrogen and oxygen atoms in total. The van der Waals surface area contributed by atoms with Crippen molar-refractivity contribution < 1.29 is 4.79 Å². The maximum absolute atomic E-state index is 11.3. The zero-order valence-electron chi connectivity index (χ0n) is 10.1. The second-order valence-corrected chi connectivity index (χ2v) is 4.67. The van der Waals surface area contributed by atoms with Crippen LogP contribution < -0.4 is 11.3 Å². The Kier molecular flexibility index (Phi) is 5.41. The molecule has 0 aliphatic carbocycles. The lowest BCUT2D eigenvalue weighted by Gasteiger charge is -2.20. The molecular weight excluding hydrogens is 238 g/mol. The molecule has 0 spiro atoms. The molecule has 0 bridgehead atoms. The maximum atomic E-state index is 11.3. The lowest BCUT2D eigenvalue weighted by atomic mass is 10.1. The predicted molar refractivity (Wildman–Crippen MR) is 69.3 cm³/mol. The number of hydrogen-bond donors (Lipinski definition) is 2. The molecule has 0 aromatic heterocycles. The lowest BCUT2D eigenvalue weighted by Crippen LogP contribution is -2.39. The number of amides is 1. The molecule has 1 amide bonds. The molecule has 17 heavy (non-hydrogen) atoms. The van der Waals surface area contributed by atoms with Crippen LogP contribution in [0.15, 0.2) is 24.3 Å². The monoisotopic (exact) mass is 255 g/mol. The summed E-state index contributed by atoms with van der Waals surface area (Å²) in [6.07, 6.45) is 0. The van der Waals surface area contributed by atoms with E-state index in [1.165, 1.54) is 0 Å². The van der Waals surface area contributed by atoms with E-state index in [1.807, 2.05) is 38.2 Å². The van der Waals surface area contributed by atoms with Crippen LogP contribution in [0.25, 0.3) is 0 Å². The third-order valence-corrected chi connectivity index (χ3v) is 2.75. The summed E-state index contributed by atoms with van der Waals surface area (Å²) in [4.78, 5) is 13.3. The number of halogens is 1. The Morgan fingerprint density at radius 1 is 1.59 bits per heavy atom. The highest BCUT2D eigenvalue weighted by molar-refractivity contribution is 6.30. The number of carbonyl (C=O) groups excluding carboxylic acids is 1. The van der Waals surface area contributed by atoms with Gasteiger partial charge in [-0.3, -0.25) is 10.2 Å². The Bertz CT molecular complexity index is 384. The molecule has 1 aromatic carbocycles. The van der Waals surface area contributed by atoms with E-state index in [9.17, 15) is 4.79 Å². The number of nitrogens with zero attached hydrogens (tertiary/aromatic N) is 1. The van der Waals surface area contributed by atoms with E-state index >= 15 is 0 Å². The SMILES string of the molecule is CC(CN(C)Cc1cccc(Cl)c1)C(=O)NN. The molecule has 1 unspecified atom stereocenters. The fraction of sp³-hybridized carbons (Fsp3) is 0.417. The van der Waals surface area contributed by atoms with Gasteiger partial charge in [-0.2, -0.15) is 0 Å². The van der Waals surface area contributed by atoms with Crippen LogP contribution in [-0.2, 0) is 11.3 Å². The van der Waals surface area contributed by atoms with E-state index in [-0.39, 0.29) is 11.8 Å². The summed E-state index contributed by atoms with van der Waals surface area (Å²) in [5.41, 5.74) is 3.28. The molecule has 0 saturated heterocycles. The highest BCUT2D eigenvalue weighted by atomic mass is 35.5. The normalized spacial score (nSPS) is 12.5. The van der Waals surface area contributed by atoms with Crippen molar-refractivity contribution in [2.45, 2.75) is 13.5 Å². The van der Waals surface area contributed by atoms with Gasteiger partial charge in [-0.25, -0.2) is 5.84 Å². The van der Waals surface area contributed by atoms with Crippen molar-refractivity contribution in [3.63, 3.8) is 0 Å². The molecule has 5 heteroatoms. The first-order valence-electron chi connectivity index (χ1n) is 5.46. The van der Waals surface area contributed by atoms with Gasteiger partial charge in [-0.15, -0.1) is 0 Å². The highest BCUT2D eigenvalue weighted by Crippen LogP contribution is 2.12. The van der Waals surface area contributed by atoms with Crippen molar-refractivity contribution >= 4 is 17.5 Å². The number of nitrogens with two attached hydrogens (primary N) is 1. The summed E-state index contributed by atoms with van der Waals surface area (Å²) in [7, 11) is 1.96. The quantitative estimate of drug-likeness (QED) is 0.475. The molecule has 0 heterocycles. The molecule has 1 atom stereocenters. The number of hydrogen-bond acceptors (Lipinski definition) is 3. The molecule has 1 rings (SSSR count). The van der Waals surface area contributed by atoms with Gasteiger partial charge < -0.3 is 4.90 Å². The minimum atomic E-state index is -0.150. The second-order valence-electron chi connectivity index (χ2n) is 4.24. The molecule has 1 aromatic rings. The zero-order chi connectivity index (χ0) is 12.8. The largest absolute Gasteiger partial charge is 0.301 e. The first-order chi connectivity index (χ1) is 8.02. The molecule has 0 fully saturated rings. The molecule has 0 aliphatic heterocycles. The smallest absolute Gasteiger partial charge is 0.237 e. The Balaban J connectivity index is 2.49. The van der Waals surface area contributed by atoms with E-state index < -0.39 is 0 Å². The minimum absolute atomic E-state index is 0.135. The van der Waals surface area contributed by atoms with E-state index in [1.54, 1.807) is 0 Å². The number of hydrazine groups is 1. The van der Waals surface area contributed by atoms with Gasteiger partial charge in [0.15, 0.2) is 0 Å². The lowest BCUT2D eigenvalue weighted by molar-refractivity contribution is -0.125. The number of rotatable bonds is 5. The van der Waals surface area contributed by atoms with Crippen LogP contribution in [0.5, 0.6) is 0 Å². The average Bonchev–Trinajstić information content (AvgIpc) is 2.27. The Labute approximate surface area is 107 Å². The Morgan fingerprint density at radius 2 is 2.29 bits per heavy atom. The fourth-order valence-corrected chi connectivity index (χ4v) is 1.92. The van der Waals surface area contributed by atoms with E-state index in [4.69, 9.17) is 17.4 Å². The predicted octanol–water partition coefficient (Wildman–Crippen LogP) is 1.40. The van der Waals surface area contributed by atoms with Crippen LogP contribution in [0, 0.1) is 5.92 Å². The first kappa shape index (κ1) is 14.0. The standard InChI is InChI=1S/C12H18ClN3O/c1-9(12(17)15-14)7-16(2)8-10-4-3-5-11(13)6-10/h3-6,9H,7-8,14H2,1-2H3,(H,15,17). The average molecular weight is 256 g/mol. The minimum Gasteiger partial charge on any atom is -0.301 e. The van der Waals surface area contributed by atoms with Gasteiger partial charge in [0.2, 0.25) is 5.91 Å². The van der Waals surface area contributed by atoms with Gasteiger partial charge in [0.25, 0.3) is 0 Å². The van der Waals surface area contributed by atoms with Gasteiger partial charge >= 0.3 is 0 Å². The highest BCUT2D eigenvalue weighted by Gasteiger charge is 2.13.